The average molecular weight is 248 g/mol. The van der Waals surface area contributed by atoms with Crippen molar-refractivity contribution in [3.05, 3.63) is 30.0 Å². The van der Waals surface area contributed by atoms with Gasteiger partial charge in [-0.05, 0) is 30.2 Å². The van der Waals surface area contributed by atoms with Crippen LogP contribution in [-0.2, 0) is 11.2 Å². The molecule has 0 aliphatic carbocycles. The fraction of sp³-hybridized carbons (Fsp3) is 0.308. The smallest absolute Gasteiger partial charge is 0.216 e. The second kappa shape index (κ2) is 5.00. The van der Waals surface area contributed by atoms with Gasteiger partial charge in [0, 0.05) is 25.1 Å². The first kappa shape index (κ1) is 12.3. The summed E-state index contributed by atoms with van der Waals surface area (Å²) in [4.78, 5) is 10.8. The fourth-order valence-corrected chi connectivity index (χ4v) is 1.96. The maximum absolute atomic E-state index is 10.8. The number of methoxy groups -OCH3 is 1. The van der Waals surface area contributed by atoms with Gasteiger partial charge in [-0.2, -0.15) is 4.73 Å². The zero-order chi connectivity index (χ0) is 13.1. The minimum absolute atomic E-state index is 0.0553. The Labute approximate surface area is 105 Å². The van der Waals surface area contributed by atoms with Crippen molar-refractivity contribution in [2.75, 3.05) is 13.7 Å². The van der Waals surface area contributed by atoms with Gasteiger partial charge in [-0.25, -0.2) is 0 Å². The van der Waals surface area contributed by atoms with E-state index >= 15 is 0 Å². The van der Waals surface area contributed by atoms with E-state index in [1.54, 1.807) is 25.4 Å². The van der Waals surface area contributed by atoms with Gasteiger partial charge in [-0.1, -0.05) is 0 Å². The number of ether oxygens (including phenoxy) is 1. The van der Waals surface area contributed by atoms with Crippen molar-refractivity contribution in [1.29, 1.82) is 0 Å². The summed E-state index contributed by atoms with van der Waals surface area (Å²) in [6, 6.07) is 5.48. The molecular formula is C13H16N2O3. The summed E-state index contributed by atoms with van der Waals surface area (Å²) < 4.78 is 6.26. The Morgan fingerprint density at radius 2 is 2.28 bits per heavy atom. The maximum atomic E-state index is 10.8. The first-order valence-electron chi connectivity index (χ1n) is 5.73. The van der Waals surface area contributed by atoms with E-state index in [2.05, 4.69) is 5.32 Å². The number of hydrogen-bond acceptors (Lipinski definition) is 3. The van der Waals surface area contributed by atoms with Gasteiger partial charge in [0.05, 0.1) is 12.6 Å². The molecule has 0 bridgehead atoms. The molecule has 5 nitrogen and oxygen atoms in total. The van der Waals surface area contributed by atoms with Gasteiger partial charge in [0.1, 0.15) is 5.75 Å². The number of amides is 1. The molecule has 0 atom stereocenters. The van der Waals surface area contributed by atoms with Crippen LogP contribution >= 0.6 is 0 Å². The standard InChI is InChI=1S/C13H16N2O3/c1-9(16)14-6-5-10-8-15(17)13-4-3-11(18-2)7-12(10)13/h3-4,7-8,17H,5-6H2,1-2H3,(H,14,16). The lowest BCUT2D eigenvalue weighted by molar-refractivity contribution is -0.118. The number of benzene rings is 1. The highest BCUT2D eigenvalue weighted by atomic mass is 16.5. The molecule has 18 heavy (non-hydrogen) atoms. The minimum Gasteiger partial charge on any atom is -0.497 e. The third-order valence-electron chi connectivity index (χ3n) is 2.84. The summed E-state index contributed by atoms with van der Waals surface area (Å²) in [5, 5.41) is 13.4. The molecule has 1 aromatic carbocycles. The van der Waals surface area contributed by atoms with E-state index in [0.717, 1.165) is 26.9 Å². The van der Waals surface area contributed by atoms with Crippen molar-refractivity contribution < 1.29 is 14.7 Å². The van der Waals surface area contributed by atoms with E-state index in [4.69, 9.17) is 4.74 Å². The van der Waals surface area contributed by atoms with Crippen molar-refractivity contribution in [1.82, 2.24) is 10.0 Å². The van der Waals surface area contributed by atoms with Crippen molar-refractivity contribution in [2.45, 2.75) is 13.3 Å². The van der Waals surface area contributed by atoms with E-state index in [9.17, 15) is 10.0 Å². The van der Waals surface area contributed by atoms with Crippen LogP contribution in [0, 0.1) is 0 Å². The molecule has 0 saturated heterocycles. The zero-order valence-electron chi connectivity index (χ0n) is 10.4. The summed E-state index contributed by atoms with van der Waals surface area (Å²) in [6.07, 6.45) is 2.32. The Morgan fingerprint density at radius 1 is 1.50 bits per heavy atom. The van der Waals surface area contributed by atoms with Gasteiger partial charge < -0.3 is 15.3 Å². The van der Waals surface area contributed by atoms with Gasteiger partial charge in [-0.3, -0.25) is 4.79 Å². The van der Waals surface area contributed by atoms with Crippen molar-refractivity contribution in [2.24, 2.45) is 0 Å². The van der Waals surface area contributed by atoms with E-state index in [-0.39, 0.29) is 5.91 Å². The Bertz CT molecular complexity index is 575. The summed E-state index contributed by atoms with van der Waals surface area (Å²) in [7, 11) is 1.61. The quantitative estimate of drug-likeness (QED) is 0.807. The average Bonchev–Trinajstić information content (AvgIpc) is 2.65. The molecule has 0 radical (unpaired) electrons. The van der Waals surface area contributed by atoms with E-state index in [1.165, 1.54) is 6.92 Å². The van der Waals surface area contributed by atoms with Gasteiger partial charge in [0.15, 0.2) is 0 Å². The molecule has 1 heterocycles. The number of rotatable bonds is 4. The van der Waals surface area contributed by atoms with Crippen LogP contribution in [0.5, 0.6) is 5.75 Å². The summed E-state index contributed by atoms with van der Waals surface area (Å²) in [6.45, 7) is 2.03. The van der Waals surface area contributed by atoms with Crippen LogP contribution in [0.4, 0.5) is 0 Å². The second-order valence-electron chi connectivity index (χ2n) is 4.11. The van der Waals surface area contributed by atoms with E-state index < -0.39 is 0 Å². The van der Waals surface area contributed by atoms with Crippen LogP contribution in [-0.4, -0.2) is 29.5 Å². The largest absolute Gasteiger partial charge is 0.497 e. The molecule has 2 aromatic rings. The Hall–Kier alpha value is -2.17. The van der Waals surface area contributed by atoms with Crippen LogP contribution in [0.1, 0.15) is 12.5 Å². The van der Waals surface area contributed by atoms with Gasteiger partial charge in [0.2, 0.25) is 5.91 Å². The van der Waals surface area contributed by atoms with Crippen molar-refractivity contribution >= 4 is 16.8 Å². The van der Waals surface area contributed by atoms with Gasteiger partial charge in [-0.15, -0.1) is 0 Å². The normalized spacial score (nSPS) is 10.6. The number of carbonyl (C=O) groups excluding carboxylic acids is 1. The molecule has 0 aliphatic heterocycles. The summed E-state index contributed by atoms with van der Waals surface area (Å²) >= 11 is 0. The highest BCUT2D eigenvalue weighted by molar-refractivity contribution is 5.85. The minimum atomic E-state index is -0.0553. The Morgan fingerprint density at radius 3 is 2.94 bits per heavy atom. The molecule has 0 saturated carbocycles. The highest BCUT2D eigenvalue weighted by Crippen LogP contribution is 2.25. The molecule has 0 spiro atoms. The predicted octanol–water partition coefficient (Wildman–Crippen LogP) is 1.57. The predicted molar refractivity (Wildman–Crippen MR) is 68.1 cm³/mol. The lowest BCUT2D eigenvalue weighted by atomic mass is 10.1. The number of nitrogens with zero attached hydrogens (tertiary/aromatic N) is 1. The molecule has 0 aliphatic rings. The third kappa shape index (κ3) is 2.40. The van der Waals surface area contributed by atoms with E-state index in [0.29, 0.717) is 13.0 Å². The molecule has 1 aromatic heterocycles. The molecule has 2 rings (SSSR count). The second-order valence-corrected chi connectivity index (χ2v) is 4.11. The first-order valence-corrected chi connectivity index (χ1v) is 5.73. The summed E-state index contributed by atoms with van der Waals surface area (Å²) in [5.74, 6) is 0.690. The van der Waals surface area contributed by atoms with E-state index in [1.807, 2.05) is 6.07 Å². The Kier molecular flexibility index (Phi) is 3.41. The van der Waals surface area contributed by atoms with Crippen molar-refractivity contribution in [3.63, 3.8) is 0 Å². The third-order valence-corrected chi connectivity index (χ3v) is 2.84. The SMILES string of the molecule is COc1ccc2c(c1)c(CCNC(C)=O)cn2O. The first-order chi connectivity index (χ1) is 8.61. The lowest BCUT2D eigenvalue weighted by Gasteiger charge is -2.02. The lowest BCUT2D eigenvalue weighted by Crippen LogP contribution is -2.22. The number of carbonyl (C=O) groups is 1. The molecule has 0 unspecified atom stereocenters. The number of aromatic nitrogens is 1. The highest BCUT2D eigenvalue weighted by Gasteiger charge is 2.09. The monoisotopic (exact) mass is 248 g/mol. The van der Waals surface area contributed by atoms with Crippen LogP contribution in [0.25, 0.3) is 10.9 Å². The molecule has 2 N–H and O–H groups in total. The van der Waals surface area contributed by atoms with Crippen LogP contribution in [0.2, 0.25) is 0 Å². The maximum Gasteiger partial charge on any atom is 0.216 e. The van der Waals surface area contributed by atoms with Crippen LogP contribution in [0.15, 0.2) is 24.4 Å². The van der Waals surface area contributed by atoms with Gasteiger partial charge in [0.25, 0.3) is 0 Å². The van der Waals surface area contributed by atoms with Crippen LogP contribution in [0.3, 0.4) is 0 Å². The molecular weight excluding hydrogens is 232 g/mol. The molecule has 0 fully saturated rings. The fourth-order valence-electron chi connectivity index (χ4n) is 1.96. The number of nitrogens with one attached hydrogen (secondary N) is 1. The van der Waals surface area contributed by atoms with Crippen molar-refractivity contribution in [3.8, 4) is 5.75 Å². The number of fused-ring (bicyclic) bond motifs is 1. The number of hydrogen-bond donors (Lipinski definition) is 2. The molecule has 96 valence electrons. The van der Waals surface area contributed by atoms with Gasteiger partial charge >= 0.3 is 0 Å². The summed E-state index contributed by atoms with van der Waals surface area (Å²) in [5.41, 5.74) is 1.70. The topological polar surface area (TPSA) is 63.5 Å². The Balaban J connectivity index is 2.28. The molecule has 5 heteroatoms. The van der Waals surface area contributed by atoms with Crippen LogP contribution < -0.4 is 10.1 Å². The molecule has 1 amide bonds. The zero-order valence-corrected chi connectivity index (χ0v) is 10.4.